The maximum atomic E-state index is 9.11. The number of nitrogens with zero attached hydrogens (tertiary/aromatic N) is 1. The fourth-order valence-electron chi connectivity index (χ4n) is 1.95. The number of rotatable bonds is 4. The van der Waals surface area contributed by atoms with Gasteiger partial charge in [-0.05, 0) is 44.2 Å². The SMILES string of the molecule is Cc1ccc(CC(C)Nc2cc(Br)ccc2C#N)s1. The van der Waals surface area contributed by atoms with E-state index in [1.807, 2.05) is 29.5 Å². The highest BCUT2D eigenvalue weighted by Crippen LogP contribution is 2.23. The molecule has 1 atom stereocenters. The Kier molecular flexibility index (Phi) is 4.62. The van der Waals surface area contributed by atoms with Crippen LogP contribution in [-0.4, -0.2) is 6.04 Å². The molecule has 1 aromatic carbocycles. The molecule has 4 heteroatoms. The molecule has 0 aliphatic carbocycles. The summed E-state index contributed by atoms with van der Waals surface area (Å²) in [6.07, 6.45) is 0.968. The Balaban J connectivity index is 2.08. The fourth-order valence-corrected chi connectivity index (χ4v) is 3.33. The Labute approximate surface area is 126 Å². The molecule has 2 aromatic rings. The van der Waals surface area contributed by atoms with E-state index in [1.165, 1.54) is 9.75 Å². The minimum Gasteiger partial charge on any atom is -0.381 e. The third-order valence-electron chi connectivity index (χ3n) is 2.81. The molecule has 0 saturated carbocycles. The van der Waals surface area contributed by atoms with E-state index in [0.717, 1.165) is 16.6 Å². The van der Waals surface area contributed by atoms with E-state index in [-0.39, 0.29) is 0 Å². The average molecular weight is 335 g/mol. The smallest absolute Gasteiger partial charge is 0.101 e. The van der Waals surface area contributed by atoms with Crippen LogP contribution < -0.4 is 5.32 Å². The highest BCUT2D eigenvalue weighted by atomic mass is 79.9. The van der Waals surface area contributed by atoms with Gasteiger partial charge in [0, 0.05) is 26.7 Å². The van der Waals surface area contributed by atoms with Crippen LogP contribution in [-0.2, 0) is 6.42 Å². The first-order valence-corrected chi connectivity index (χ1v) is 7.71. The van der Waals surface area contributed by atoms with Gasteiger partial charge in [-0.2, -0.15) is 5.26 Å². The lowest BCUT2D eigenvalue weighted by molar-refractivity contribution is 0.800. The van der Waals surface area contributed by atoms with Crippen molar-refractivity contribution in [2.24, 2.45) is 0 Å². The van der Waals surface area contributed by atoms with Crippen molar-refractivity contribution in [1.82, 2.24) is 0 Å². The first-order chi connectivity index (χ1) is 9.08. The monoisotopic (exact) mass is 334 g/mol. The molecule has 1 heterocycles. The van der Waals surface area contributed by atoms with Crippen LogP contribution in [0.25, 0.3) is 0 Å². The molecule has 98 valence electrons. The van der Waals surface area contributed by atoms with Gasteiger partial charge in [-0.1, -0.05) is 15.9 Å². The molecule has 0 spiro atoms. The van der Waals surface area contributed by atoms with Gasteiger partial charge in [0.15, 0.2) is 0 Å². The van der Waals surface area contributed by atoms with Crippen molar-refractivity contribution in [2.45, 2.75) is 26.3 Å². The Morgan fingerprint density at radius 2 is 2.16 bits per heavy atom. The molecule has 2 rings (SSSR count). The summed E-state index contributed by atoms with van der Waals surface area (Å²) >= 11 is 5.26. The van der Waals surface area contributed by atoms with Gasteiger partial charge in [0.1, 0.15) is 6.07 Å². The molecule has 1 N–H and O–H groups in total. The van der Waals surface area contributed by atoms with Crippen molar-refractivity contribution < 1.29 is 0 Å². The molecule has 0 bridgehead atoms. The van der Waals surface area contributed by atoms with Crippen molar-refractivity contribution in [1.29, 1.82) is 5.26 Å². The summed E-state index contributed by atoms with van der Waals surface area (Å²) in [5, 5.41) is 12.5. The van der Waals surface area contributed by atoms with E-state index < -0.39 is 0 Å². The van der Waals surface area contributed by atoms with Crippen molar-refractivity contribution in [3.8, 4) is 6.07 Å². The number of hydrogen-bond acceptors (Lipinski definition) is 3. The zero-order valence-electron chi connectivity index (χ0n) is 10.9. The highest BCUT2D eigenvalue weighted by molar-refractivity contribution is 9.10. The lowest BCUT2D eigenvalue weighted by atomic mass is 10.1. The molecule has 0 aliphatic heterocycles. The standard InChI is InChI=1S/C15H15BrN2S/c1-10(7-14-6-3-11(2)19-14)18-15-8-13(16)5-4-12(15)9-17/h3-6,8,10,18H,7H2,1-2H3. The predicted octanol–water partition coefficient (Wildman–Crippen LogP) is 4.73. The minimum absolute atomic E-state index is 0.291. The zero-order chi connectivity index (χ0) is 13.8. The third-order valence-corrected chi connectivity index (χ3v) is 4.32. The van der Waals surface area contributed by atoms with Crippen LogP contribution in [0.4, 0.5) is 5.69 Å². The van der Waals surface area contributed by atoms with Crippen molar-refractivity contribution in [3.05, 3.63) is 50.1 Å². The van der Waals surface area contributed by atoms with E-state index in [1.54, 1.807) is 0 Å². The molecule has 1 aromatic heterocycles. The van der Waals surface area contributed by atoms with Crippen LogP contribution in [0, 0.1) is 18.3 Å². The van der Waals surface area contributed by atoms with E-state index in [4.69, 9.17) is 5.26 Å². The average Bonchev–Trinajstić information content (AvgIpc) is 2.75. The molecular weight excluding hydrogens is 320 g/mol. The summed E-state index contributed by atoms with van der Waals surface area (Å²) in [5.41, 5.74) is 1.56. The Morgan fingerprint density at radius 3 is 2.79 bits per heavy atom. The number of anilines is 1. The van der Waals surface area contributed by atoms with Gasteiger partial charge < -0.3 is 5.32 Å². The minimum atomic E-state index is 0.291. The molecule has 0 amide bonds. The second-order valence-corrected chi connectivity index (χ2v) is 6.85. The molecule has 2 nitrogen and oxygen atoms in total. The second kappa shape index (κ2) is 6.23. The number of thiophene rings is 1. The summed E-state index contributed by atoms with van der Waals surface area (Å²) in [6, 6.07) is 12.5. The molecule has 1 unspecified atom stereocenters. The number of aryl methyl sites for hydroxylation is 1. The maximum Gasteiger partial charge on any atom is 0.101 e. The molecule has 0 aliphatic rings. The zero-order valence-corrected chi connectivity index (χ0v) is 13.3. The first-order valence-electron chi connectivity index (χ1n) is 6.10. The van der Waals surface area contributed by atoms with Crippen LogP contribution in [0.1, 0.15) is 22.2 Å². The number of hydrogen-bond donors (Lipinski definition) is 1. The lowest BCUT2D eigenvalue weighted by Gasteiger charge is -2.15. The van der Waals surface area contributed by atoms with Gasteiger partial charge in [0.05, 0.1) is 11.3 Å². The van der Waals surface area contributed by atoms with Gasteiger partial charge in [-0.15, -0.1) is 11.3 Å². The lowest BCUT2D eigenvalue weighted by Crippen LogP contribution is -2.18. The molecule has 0 radical (unpaired) electrons. The van der Waals surface area contributed by atoms with E-state index in [0.29, 0.717) is 11.6 Å². The van der Waals surface area contributed by atoms with Crippen LogP contribution in [0.15, 0.2) is 34.8 Å². The molecule has 0 fully saturated rings. The second-order valence-electron chi connectivity index (χ2n) is 4.56. The van der Waals surface area contributed by atoms with E-state index in [2.05, 4.69) is 53.3 Å². The summed E-state index contributed by atoms with van der Waals surface area (Å²) in [6.45, 7) is 4.26. The fraction of sp³-hybridized carbons (Fsp3) is 0.267. The largest absolute Gasteiger partial charge is 0.381 e. The van der Waals surface area contributed by atoms with Gasteiger partial charge in [0.25, 0.3) is 0 Å². The summed E-state index contributed by atoms with van der Waals surface area (Å²) < 4.78 is 0.980. The number of nitrogens with one attached hydrogen (secondary N) is 1. The van der Waals surface area contributed by atoms with Gasteiger partial charge >= 0.3 is 0 Å². The number of benzene rings is 1. The van der Waals surface area contributed by atoms with E-state index >= 15 is 0 Å². The molecule has 0 saturated heterocycles. The van der Waals surface area contributed by atoms with E-state index in [9.17, 15) is 0 Å². The van der Waals surface area contributed by atoms with Crippen LogP contribution >= 0.6 is 27.3 Å². The molecular formula is C15H15BrN2S. The summed E-state index contributed by atoms with van der Waals surface area (Å²) in [5.74, 6) is 0. The van der Waals surface area contributed by atoms with Crippen LogP contribution in [0.3, 0.4) is 0 Å². The Morgan fingerprint density at radius 1 is 1.37 bits per heavy atom. The number of halogens is 1. The van der Waals surface area contributed by atoms with Gasteiger partial charge in [-0.25, -0.2) is 0 Å². The van der Waals surface area contributed by atoms with Crippen molar-refractivity contribution in [3.63, 3.8) is 0 Å². The topological polar surface area (TPSA) is 35.8 Å². The van der Waals surface area contributed by atoms with Crippen molar-refractivity contribution >= 4 is 33.0 Å². The first kappa shape index (κ1) is 14.1. The maximum absolute atomic E-state index is 9.11. The summed E-state index contributed by atoms with van der Waals surface area (Å²) in [4.78, 5) is 2.70. The van der Waals surface area contributed by atoms with Crippen LogP contribution in [0.5, 0.6) is 0 Å². The number of nitriles is 1. The quantitative estimate of drug-likeness (QED) is 0.876. The third kappa shape index (κ3) is 3.82. The van der Waals surface area contributed by atoms with Gasteiger partial charge in [-0.3, -0.25) is 0 Å². The molecule has 19 heavy (non-hydrogen) atoms. The van der Waals surface area contributed by atoms with Crippen LogP contribution in [0.2, 0.25) is 0 Å². The van der Waals surface area contributed by atoms with Crippen molar-refractivity contribution in [2.75, 3.05) is 5.32 Å². The van der Waals surface area contributed by atoms with Gasteiger partial charge in [0.2, 0.25) is 0 Å². The predicted molar refractivity (Wildman–Crippen MR) is 84.7 cm³/mol. The summed E-state index contributed by atoms with van der Waals surface area (Å²) in [7, 11) is 0. The normalized spacial score (nSPS) is 11.9. The Bertz CT molecular complexity index is 613. The Hall–Kier alpha value is -1.31. The highest BCUT2D eigenvalue weighted by Gasteiger charge is 2.09.